The molecule has 7 nitrogen and oxygen atoms in total. The van der Waals surface area contributed by atoms with Gasteiger partial charge in [-0.1, -0.05) is 39.7 Å². The van der Waals surface area contributed by atoms with Gasteiger partial charge in [-0.15, -0.1) is 0 Å². The van der Waals surface area contributed by atoms with Crippen molar-refractivity contribution in [1.29, 1.82) is 0 Å². The molecular formula is C20H16BrClN2O5S. The number of thioether (sulfide) groups is 1. The molecule has 2 aromatic carbocycles. The normalized spacial score (nSPS) is 14.9. The number of hydrogen-bond donors (Lipinski definition) is 1. The van der Waals surface area contributed by atoms with Crippen LogP contribution in [0.15, 0.2) is 45.8 Å². The lowest BCUT2D eigenvalue weighted by atomic mass is 10.1. The summed E-state index contributed by atoms with van der Waals surface area (Å²) in [6, 6.07) is 10.1. The van der Waals surface area contributed by atoms with Crippen LogP contribution in [-0.4, -0.2) is 42.7 Å². The van der Waals surface area contributed by atoms with Crippen LogP contribution in [-0.2, 0) is 9.59 Å². The highest BCUT2D eigenvalue weighted by Gasteiger charge is 2.36. The molecule has 3 amide bonds. The highest BCUT2D eigenvalue weighted by atomic mass is 79.9. The Morgan fingerprint density at radius 3 is 2.63 bits per heavy atom. The van der Waals surface area contributed by atoms with Crippen LogP contribution in [0.5, 0.6) is 11.5 Å². The average molecular weight is 512 g/mol. The highest BCUT2D eigenvalue weighted by molar-refractivity contribution is 9.10. The number of imide groups is 1. The third-order valence-corrected chi connectivity index (χ3v) is 5.78. The van der Waals surface area contributed by atoms with E-state index in [9.17, 15) is 14.4 Å². The van der Waals surface area contributed by atoms with Crippen molar-refractivity contribution in [2.24, 2.45) is 0 Å². The molecule has 156 valence electrons. The molecule has 1 fully saturated rings. The Morgan fingerprint density at radius 2 is 1.97 bits per heavy atom. The SMILES string of the molecule is COc1cc(Br)cc(/C=C2/SC(=O)N(CC(=O)Nc3ccccc3Cl)C2=O)c1OC. The van der Waals surface area contributed by atoms with Crippen molar-refractivity contribution in [3.63, 3.8) is 0 Å². The molecule has 0 bridgehead atoms. The minimum atomic E-state index is -0.569. The lowest BCUT2D eigenvalue weighted by Crippen LogP contribution is -2.36. The van der Waals surface area contributed by atoms with E-state index in [1.165, 1.54) is 20.3 Å². The molecule has 3 rings (SSSR count). The van der Waals surface area contributed by atoms with Gasteiger partial charge in [0.25, 0.3) is 11.1 Å². The molecule has 0 atom stereocenters. The first kappa shape index (κ1) is 22.2. The third-order valence-electron chi connectivity index (χ3n) is 4.08. The number of hydrogen-bond acceptors (Lipinski definition) is 6. The summed E-state index contributed by atoms with van der Waals surface area (Å²) in [5.74, 6) is -0.214. The summed E-state index contributed by atoms with van der Waals surface area (Å²) in [5, 5.41) is 2.41. The zero-order valence-corrected chi connectivity index (χ0v) is 19.1. The number of anilines is 1. The molecule has 1 aliphatic heterocycles. The van der Waals surface area contributed by atoms with Gasteiger partial charge in [0.2, 0.25) is 5.91 Å². The second-order valence-corrected chi connectivity index (χ2v) is 8.34. The number of halogens is 2. The molecule has 1 saturated heterocycles. The van der Waals surface area contributed by atoms with E-state index in [1.807, 2.05) is 0 Å². The summed E-state index contributed by atoms with van der Waals surface area (Å²) < 4.78 is 11.4. The Hall–Kier alpha value is -2.49. The van der Waals surface area contributed by atoms with E-state index >= 15 is 0 Å². The van der Waals surface area contributed by atoms with Gasteiger partial charge in [0.15, 0.2) is 11.5 Å². The Balaban J connectivity index is 1.80. The predicted octanol–water partition coefficient (Wildman–Crippen LogP) is 4.79. The molecule has 0 saturated carbocycles. The first-order chi connectivity index (χ1) is 14.3. The van der Waals surface area contributed by atoms with Crippen LogP contribution >= 0.6 is 39.3 Å². The second-order valence-electron chi connectivity index (χ2n) is 6.03. The Bertz CT molecular complexity index is 1060. The number of nitrogens with one attached hydrogen (secondary N) is 1. The molecule has 0 spiro atoms. The van der Waals surface area contributed by atoms with E-state index in [-0.39, 0.29) is 4.91 Å². The number of rotatable bonds is 6. The van der Waals surface area contributed by atoms with Crippen molar-refractivity contribution in [1.82, 2.24) is 4.90 Å². The van der Waals surface area contributed by atoms with Gasteiger partial charge in [-0.25, -0.2) is 0 Å². The molecule has 0 unspecified atom stereocenters. The van der Waals surface area contributed by atoms with Crippen LogP contribution in [0.25, 0.3) is 6.08 Å². The lowest BCUT2D eigenvalue weighted by Gasteiger charge is -2.13. The summed E-state index contributed by atoms with van der Waals surface area (Å²) >= 11 is 10.1. The molecular weight excluding hydrogens is 496 g/mol. The smallest absolute Gasteiger partial charge is 0.294 e. The highest BCUT2D eigenvalue weighted by Crippen LogP contribution is 2.39. The molecule has 0 aliphatic carbocycles. The number of methoxy groups -OCH3 is 2. The van der Waals surface area contributed by atoms with Crippen LogP contribution < -0.4 is 14.8 Å². The van der Waals surface area contributed by atoms with Gasteiger partial charge in [0.05, 0.1) is 29.8 Å². The monoisotopic (exact) mass is 510 g/mol. The Kier molecular flexibility index (Phi) is 7.06. The number of amides is 3. The van der Waals surface area contributed by atoms with E-state index < -0.39 is 23.6 Å². The van der Waals surface area contributed by atoms with E-state index in [0.29, 0.717) is 32.2 Å². The fourth-order valence-electron chi connectivity index (χ4n) is 2.74. The van der Waals surface area contributed by atoms with Gasteiger partial charge in [0, 0.05) is 10.0 Å². The maximum absolute atomic E-state index is 12.7. The molecule has 0 aromatic heterocycles. The Morgan fingerprint density at radius 1 is 1.23 bits per heavy atom. The summed E-state index contributed by atoms with van der Waals surface area (Å²) in [7, 11) is 2.98. The fraction of sp³-hybridized carbons (Fsp3) is 0.150. The van der Waals surface area contributed by atoms with Crippen LogP contribution in [0, 0.1) is 0 Å². The molecule has 0 radical (unpaired) electrons. The van der Waals surface area contributed by atoms with Crippen molar-refractivity contribution >= 4 is 68.1 Å². The van der Waals surface area contributed by atoms with Gasteiger partial charge in [0.1, 0.15) is 6.54 Å². The quantitative estimate of drug-likeness (QED) is 0.561. The number of benzene rings is 2. The maximum atomic E-state index is 12.7. The lowest BCUT2D eigenvalue weighted by molar-refractivity contribution is -0.127. The molecule has 10 heteroatoms. The molecule has 2 aromatic rings. The van der Waals surface area contributed by atoms with Crippen molar-refractivity contribution in [3.8, 4) is 11.5 Å². The zero-order chi connectivity index (χ0) is 21.8. The average Bonchev–Trinajstić information content (AvgIpc) is 2.96. The van der Waals surface area contributed by atoms with E-state index in [4.69, 9.17) is 21.1 Å². The summed E-state index contributed by atoms with van der Waals surface area (Å²) in [4.78, 5) is 38.4. The molecule has 1 aliphatic rings. The molecule has 1 heterocycles. The van der Waals surface area contributed by atoms with E-state index in [2.05, 4.69) is 21.2 Å². The van der Waals surface area contributed by atoms with Gasteiger partial charge < -0.3 is 14.8 Å². The topological polar surface area (TPSA) is 84.9 Å². The number of para-hydroxylation sites is 1. The van der Waals surface area contributed by atoms with Crippen molar-refractivity contribution in [2.45, 2.75) is 0 Å². The molecule has 30 heavy (non-hydrogen) atoms. The van der Waals surface area contributed by atoms with Crippen LogP contribution in [0.3, 0.4) is 0 Å². The summed E-state index contributed by atoms with van der Waals surface area (Å²) in [5.41, 5.74) is 0.951. The zero-order valence-electron chi connectivity index (χ0n) is 15.9. The number of nitrogens with zero attached hydrogens (tertiary/aromatic N) is 1. The van der Waals surface area contributed by atoms with E-state index in [1.54, 1.807) is 36.4 Å². The first-order valence-corrected chi connectivity index (χ1v) is 10.5. The second kappa shape index (κ2) is 9.55. The van der Waals surface area contributed by atoms with E-state index in [0.717, 1.165) is 16.7 Å². The Labute approximate surface area is 190 Å². The standard InChI is InChI=1S/C20H16BrClN2O5S/c1-28-15-9-12(21)7-11(18(15)29-2)8-16-19(26)24(20(27)30-16)10-17(25)23-14-6-4-3-5-13(14)22/h3-9H,10H2,1-2H3,(H,23,25)/b16-8+. The fourth-order valence-corrected chi connectivity index (χ4v) is 4.21. The summed E-state index contributed by atoms with van der Waals surface area (Å²) in [6.45, 7) is -0.424. The maximum Gasteiger partial charge on any atom is 0.294 e. The predicted molar refractivity (Wildman–Crippen MR) is 120 cm³/mol. The van der Waals surface area contributed by atoms with Crippen molar-refractivity contribution in [2.75, 3.05) is 26.1 Å². The number of ether oxygens (including phenoxy) is 2. The van der Waals surface area contributed by atoms with Gasteiger partial charge in [-0.2, -0.15) is 0 Å². The summed E-state index contributed by atoms with van der Waals surface area (Å²) in [6.07, 6.45) is 1.53. The van der Waals surface area contributed by atoms with Gasteiger partial charge in [-0.3, -0.25) is 19.3 Å². The first-order valence-electron chi connectivity index (χ1n) is 8.55. The minimum Gasteiger partial charge on any atom is -0.493 e. The molecule has 1 N–H and O–H groups in total. The van der Waals surface area contributed by atoms with Crippen LogP contribution in [0.4, 0.5) is 10.5 Å². The van der Waals surface area contributed by atoms with Crippen molar-refractivity contribution < 1.29 is 23.9 Å². The number of carbonyl (C=O) groups is 3. The van der Waals surface area contributed by atoms with Crippen LogP contribution in [0.1, 0.15) is 5.56 Å². The van der Waals surface area contributed by atoms with Crippen molar-refractivity contribution in [3.05, 3.63) is 56.4 Å². The largest absolute Gasteiger partial charge is 0.493 e. The third kappa shape index (κ3) is 4.80. The number of carbonyl (C=O) groups excluding carboxylic acids is 3. The van der Waals surface area contributed by atoms with Gasteiger partial charge >= 0.3 is 0 Å². The minimum absolute atomic E-state index is 0.170. The van der Waals surface area contributed by atoms with Crippen LogP contribution in [0.2, 0.25) is 5.02 Å². The van der Waals surface area contributed by atoms with Gasteiger partial charge in [-0.05, 0) is 42.1 Å².